The Kier molecular flexibility index (Phi) is 4.53. The summed E-state index contributed by atoms with van der Waals surface area (Å²) in [5.74, 6) is -0.264. The van der Waals surface area contributed by atoms with Crippen molar-refractivity contribution < 1.29 is 18.7 Å². The van der Waals surface area contributed by atoms with Crippen molar-refractivity contribution in [2.24, 2.45) is 0 Å². The molecular weight excluding hydrogens is 379 g/mol. The number of halogens is 2. The number of benzene rings is 1. The molecule has 124 valence electrons. The summed E-state index contributed by atoms with van der Waals surface area (Å²) in [6, 6.07) is 7.51. The highest BCUT2D eigenvalue weighted by molar-refractivity contribution is 9.10. The fraction of sp³-hybridized carbons (Fsp3) is 0.176. The maximum Gasteiger partial charge on any atom is 0.357 e. The van der Waals surface area contributed by atoms with Crippen LogP contribution in [-0.4, -0.2) is 29.1 Å². The number of aromatic nitrogens is 2. The molecule has 0 saturated heterocycles. The van der Waals surface area contributed by atoms with Crippen molar-refractivity contribution in [3.63, 3.8) is 0 Å². The molecule has 24 heavy (non-hydrogen) atoms. The first kappa shape index (κ1) is 16.4. The van der Waals surface area contributed by atoms with Crippen LogP contribution in [0.3, 0.4) is 0 Å². The molecule has 1 aromatic carbocycles. The quantitative estimate of drug-likeness (QED) is 0.627. The number of carbonyl (C=O) groups is 1. The topological polar surface area (TPSA) is 52.8 Å². The van der Waals surface area contributed by atoms with Crippen molar-refractivity contribution in [3.05, 3.63) is 52.5 Å². The van der Waals surface area contributed by atoms with Gasteiger partial charge in [0.2, 0.25) is 0 Å². The summed E-state index contributed by atoms with van der Waals surface area (Å²) in [6.07, 6.45) is 1.69. The van der Waals surface area contributed by atoms with Gasteiger partial charge in [0.1, 0.15) is 22.9 Å². The minimum Gasteiger partial charge on any atom is -0.495 e. The average Bonchev–Trinajstić information content (AvgIpc) is 2.93. The molecule has 0 saturated carbocycles. The number of ether oxygens (including phenoxy) is 2. The van der Waals surface area contributed by atoms with E-state index in [9.17, 15) is 9.18 Å². The lowest BCUT2D eigenvalue weighted by atomic mass is 10.1. The van der Waals surface area contributed by atoms with E-state index >= 15 is 0 Å². The predicted molar refractivity (Wildman–Crippen MR) is 90.8 cm³/mol. The number of pyridine rings is 1. The maximum absolute atomic E-state index is 13.2. The van der Waals surface area contributed by atoms with E-state index in [1.165, 1.54) is 12.1 Å². The minimum absolute atomic E-state index is 0.242. The van der Waals surface area contributed by atoms with Crippen LogP contribution in [0, 0.1) is 5.82 Å². The minimum atomic E-state index is -0.499. The Bertz CT molecular complexity index is 906. The number of carbonyl (C=O) groups excluding carboxylic acids is 1. The lowest BCUT2D eigenvalue weighted by Crippen LogP contribution is -2.09. The molecule has 3 aromatic rings. The second-order valence-electron chi connectivity index (χ2n) is 4.95. The number of imidazole rings is 1. The Labute approximate surface area is 146 Å². The molecule has 5 nitrogen and oxygen atoms in total. The molecule has 0 fully saturated rings. The third-order valence-corrected chi connectivity index (χ3v) is 4.08. The highest BCUT2D eigenvalue weighted by Crippen LogP contribution is 2.31. The van der Waals surface area contributed by atoms with Crippen LogP contribution in [0.15, 0.2) is 41.0 Å². The maximum atomic E-state index is 13.2. The summed E-state index contributed by atoms with van der Waals surface area (Å²) < 4.78 is 25.9. The van der Waals surface area contributed by atoms with Crippen LogP contribution in [0.25, 0.3) is 16.9 Å². The Balaban J connectivity index is 2.28. The summed E-state index contributed by atoms with van der Waals surface area (Å²) in [5, 5.41) is 0. The summed E-state index contributed by atoms with van der Waals surface area (Å²) in [6.45, 7) is 1.98. The second-order valence-corrected chi connectivity index (χ2v) is 5.81. The van der Waals surface area contributed by atoms with E-state index in [4.69, 9.17) is 9.47 Å². The van der Waals surface area contributed by atoms with Gasteiger partial charge in [0, 0.05) is 17.8 Å². The Morgan fingerprint density at radius 2 is 2.04 bits per heavy atom. The van der Waals surface area contributed by atoms with Crippen molar-refractivity contribution in [2.45, 2.75) is 6.92 Å². The van der Waals surface area contributed by atoms with Crippen molar-refractivity contribution in [1.82, 2.24) is 9.38 Å². The van der Waals surface area contributed by atoms with Gasteiger partial charge in [0.25, 0.3) is 0 Å². The van der Waals surface area contributed by atoms with Crippen LogP contribution in [0.1, 0.15) is 17.4 Å². The van der Waals surface area contributed by atoms with Crippen LogP contribution in [0.5, 0.6) is 5.75 Å². The average molecular weight is 393 g/mol. The zero-order chi connectivity index (χ0) is 17.3. The monoisotopic (exact) mass is 392 g/mol. The van der Waals surface area contributed by atoms with Crippen molar-refractivity contribution in [1.29, 1.82) is 0 Å². The van der Waals surface area contributed by atoms with Crippen LogP contribution < -0.4 is 4.74 Å². The molecule has 3 rings (SSSR count). The van der Waals surface area contributed by atoms with Gasteiger partial charge in [-0.25, -0.2) is 14.2 Å². The van der Waals surface area contributed by atoms with Gasteiger partial charge in [-0.1, -0.05) is 0 Å². The molecule has 0 aliphatic heterocycles. The predicted octanol–water partition coefficient (Wildman–Crippen LogP) is 4.09. The largest absolute Gasteiger partial charge is 0.495 e. The first-order valence-electron chi connectivity index (χ1n) is 7.23. The van der Waals surface area contributed by atoms with E-state index in [1.54, 1.807) is 42.8 Å². The molecule has 0 unspecified atom stereocenters. The third kappa shape index (κ3) is 2.87. The normalized spacial score (nSPS) is 10.8. The van der Waals surface area contributed by atoms with Gasteiger partial charge in [-0.15, -0.1) is 0 Å². The number of esters is 1. The molecule has 2 heterocycles. The Hall–Kier alpha value is -2.41. The standard InChI is InChI=1S/C17H14BrFN2O3/c1-3-24-17(22)16-15(10-4-6-11(19)7-5-10)20-14-8-13(23-2)12(18)9-21(14)16/h4-9H,3H2,1-2H3. The van der Waals surface area contributed by atoms with Crippen molar-refractivity contribution in [2.75, 3.05) is 13.7 Å². The molecule has 0 spiro atoms. The third-order valence-electron chi connectivity index (χ3n) is 3.48. The van der Waals surface area contributed by atoms with E-state index in [-0.39, 0.29) is 18.1 Å². The van der Waals surface area contributed by atoms with Crippen LogP contribution in [0.4, 0.5) is 4.39 Å². The zero-order valence-electron chi connectivity index (χ0n) is 13.0. The van der Waals surface area contributed by atoms with Gasteiger partial charge in [-0.2, -0.15) is 0 Å². The number of rotatable bonds is 4. The van der Waals surface area contributed by atoms with Crippen molar-refractivity contribution in [3.8, 4) is 17.0 Å². The molecule has 0 aliphatic rings. The number of fused-ring (bicyclic) bond motifs is 1. The van der Waals surface area contributed by atoms with E-state index in [1.807, 2.05) is 0 Å². The van der Waals surface area contributed by atoms with E-state index in [0.717, 1.165) is 0 Å². The molecule has 0 amide bonds. The van der Waals surface area contributed by atoms with Gasteiger partial charge < -0.3 is 9.47 Å². The summed E-state index contributed by atoms with van der Waals surface area (Å²) in [4.78, 5) is 16.9. The lowest BCUT2D eigenvalue weighted by Gasteiger charge is -2.07. The second kappa shape index (κ2) is 6.60. The molecule has 0 atom stereocenters. The summed E-state index contributed by atoms with van der Waals surface area (Å²) in [5.41, 5.74) is 1.85. The Morgan fingerprint density at radius 3 is 2.67 bits per heavy atom. The first-order chi connectivity index (χ1) is 11.5. The SMILES string of the molecule is CCOC(=O)c1c(-c2ccc(F)cc2)nc2cc(OC)c(Br)cn12. The Morgan fingerprint density at radius 1 is 1.33 bits per heavy atom. The molecule has 0 aliphatic carbocycles. The number of hydrogen-bond acceptors (Lipinski definition) is 4. The smallest absolute Gasteiger partial charge is 0.357 e. The van der Waals surface area contributed by atoms with Gasteiger partial charge in [-0.3, -0.25) is 4.40 Å². The van der Waals surface area contributed by atoms with Gasteiger partial charge in [0.15, 0.2) is 5.69 Å². The molecule has 0 N–H and O–H groups in total. The molecular formula is C17H14BrFN2O3. The molecule has 7 heteroatoms. The fourth-order valence-electron chi connectivity index (χ4n) is 2.41. The number of nitrogens with zero attached hydrogens (tertiary/aromatic N) is 2. The van der Waals surface area contributed by atoms with E-state index in [2.05, 4.69) is 20.9 Å². The van der Waals surface area contributed by atoms with Crippen molar-refractivity contribution >= 4 is 27.5 Å². The summed E-state index contributed by atoms with van der Waals surface area (Å²) >= 11 is 3.40. The number of methoxy groups -OCH3 is 1. The van der Waals surface area contributed by atoms with Crippen LogP contribution in [0.2, 0.25) is 0 Å². The van der Waals surface area contributed by atoms with Gasteiger partial charge >= 0.3 is 5.97 Å². The number of hydrogen-bond donors (Lipinski definition) is 0. The molecule has 0 radical (unpaired) electrons. The highest BCUT2D eigenvalue weighted by atomic mass is 79.9. The molecule has 2 aromatic heterocycles. The van der Waals surface area contributed by atoms with Gasteiger partial charge in [-0.05, 0) is 47.1 Å². The lowest BCUT2D eigenvalue weighted by molar-refractivity contribution is 0.0519. The van der Waals surface area contributed by atoms with E-state index < -0.39 is 5.97 Å². The van der Waals surface area contributed by atoms with Crippen LogP contribution in [-0.2, 0) is 4.74 Å². The van der Waals surface area contributed by atoms with Gasteiger partial charge in [0.05, 0.1) is 18.2 Å². The van der Waals surface area contributed by atoms with E-state index in [0.29, 0.717) is 27.1 Å². The summed E-state index contributed by atoms with van der Waals surface area (Å²) in [7, 11) is 1.55. The highest BCUT2D eigenvalue weighted by Gasteiger charge is 2.23. The fourth-order valence-corrected chi connectivity index (χ4v) is 2.89. The first-order valence-corrected chi connectivity index (χ1v) is 8.03. The molecule has 0 bridgehead atoms. The zero-order valence-corrected chi connectivity index (χ0v) is 14.6. The van der Waals surface area contributed by atoms with Crippen LogP contribution >= 0.6 is 15.9 Å².